The lowest BCUT2D eigenvalue weighted by Crippen LogP contribution is -2.07. The van der Waals surface area contributed by atoms with Crippen LogP contribution in [0.2, 0.25) is 0 Å². The van der Waals surface area contributed by atoms with Crippen molar-refractivity contribution in [2.45, 2.75) is 13.3 Å². The summed E-state index contributed by atoms with van der Waals surface area (Å²) < 4.78 is 4.98. The van der Waals surface area contributed by atoms with E-state index in [0.29, 0.717) is 6.61 Å². The van der Waals surface area contributed by atoms with Crippen LogP contribution in [0, 0.1) is 0 Å². The number of benzene rings is 1. The van der Waals surface area contributed by atoms with Gasteiger partial charge in [0.05, 0.1) is 12.3 Å². The predicted molar refractivity (Wildman–Crippen MR) is 73.8 cm³/mol. The van der Waals surface area contributed by atoms with Crippen molar-refractivity contribution in [1.29, 1.82) is 0 Å². The van der Waals surface area contributed by atoms with Crippen molar-refractivity contribution in [3.05, 3.63) is 35.9 Å². The standard InChI is InChI=1S/C14H19N3O/c1-3-11-4-6-12(7-5-11)13-10-14(17-16-13)15-8-9-18-2/h4-7,10H,3,8-9H2,1-2H3,(H2,15,16,17). The van der Waals surface area contributed by atoms with Crippen LogP contribution in [0.4, 0.5) is 5.82 Å². The van der Waals surface area contributed by atoms with Crippen LogP contribution in [-0.4, -0.2) is 30.5 Å². The summed E-state index contributed by atoms with van der Waals surface area (Å²) in [6.45, 7) is 3.59. The molecule has 0 aliphatic carbocycles. The predicted octanol–water partition coefficient (Wildman–Crippen LogP) is 2.70. The summed E-state index contributed by atoms with van der Waals surface area (Å²) in [4.78, 5) is 0. The molecule has 0 atom stereocenters. The van der Waals surface area contributed by atoms with Gasteiger partial charge in [-0.05, 0) is 17.5 Å². The molecule has 0 fully saturated rings. The number of H-pyrrole nitrogens is 1. The van der Waals surface area contributed by atoms with Gasteiger partial charge in [0.2, 0.25) is 0 Å². The molecule has 0 amide bonds. The highest BCUT2D eigenvalue weighted by Crippen LogP contribution is 2.20. The monoisotopic (exact) mass is 245 g/mol. The Morgan fingerprint density at radius 3 is 2.72 bits per heavy atom. The summed E-state index contributed by atoms with van der Waals surface area (Å²) in [5, 5.41) is 10.4. The van der Waals surface area contributed by atoms with Gasteiger partial charge in [0.1, 0.15) is 5.82 Å². The maximum atomic E-state index is 4.98. The Balaban J connectivity index is 2.04. The van der Waals surface area contributed by atoms with Gasteiger partial charge in [-0.15, -0.1) is 0 Å². The molecule has 1 aromatic heterocycles. The van der Waals surface area contributed by atoms with E-state index < -0.39 is 0 Å². The number of rotatable bonds is 6. The first-order valence-corrected chi connectivity index (χ1v) is 6.21. The average molecular weight is 245 g/mol. The van der Waals surface area contributed by atoms with Gasteiger partial charge in [-0.25, -0.2) is 0 Å². The zero-order valence-electron chi connectivity index (χ0n) is 10.9. The number of aromatic amines is 1. The molecule has 2 N–H and O–H groups in total. The number of aryl methyl sites for hydroxylation is 1. The van der Waals surface area contributed by atoms with Crippen LogP contribution >= 0.6 is 0 Å². The number of nitrogens with one attached hydrogen (secondary N) is 2. The molecule has 1 aromatic carbocycles. The highest BCUT2D eigenvalue weighted by atomic mass is 16.5. The third kappa shape index (κ3) is 3.11. The highest BCUT2D eigenvalue weighted by Gasteiger charge is 2.03. The second kappa shape index (κ2) is 6.21. The van der Waals surface area contributed by atoms with E-state index in [1.54, 1.807) is 7.11 Å². The van der Waals surface area contributed by atoms with Gasteiger partial charge in [0.25, 0.3) is 0 Å². The van der Waals surface area contributed by atoms with Gasteiger partial charge in [-0.3, -0.25) is 5.10 Å². The van der Waals surface area contributed by atoms with Gasteiger partial charge in [0, 0.05) is 19.7 Å². The zero-order valence-corrected chi connectivity index (χ0v) is 10.9. The fraction of sp³-hybridized carbons (Fsp3) is 0.357. The third-order valence-corrected chi connectivity index (χ3v) is 2.86. The van der Waals surface area contributed by atoms with E-state index in [1.165, 1.54) is 5.56 Å². The Hall–Kier alpha value is -1.81. The molecular formula is C14H19N3O. The van der Waals surface area contributed by atoms with Crippen molar-refractivity contribution < 1.29 is 4.74 Å². The molecule has 0 unspecified atom stereocenters. The van der Waals surface area contributed by atoms with Crippen molar-refractivity contribution in [2.75, 3.05) is 25.6 Å². The van der Waals surface area contributed by atoms with Crippen molar-refractivity contribution in [2.24, 2.45) is 0 Å². The van der Waals surface area contributed by atoms with Gasteiger partial charge in [-0.2, -0.15) is 5.10 Å². The van der Waals surface area contributed by atoms with Gasteiger partial charge in [0.15, 0.2) is 0 Å². The molecule has 0 aliphatic heterocycles. The molecule has 4 nitrogen and oxygen atoms in total. The summed E-state index contributed by atoms with van der Waals surface area (Å²) >= 11 is 0. The van der Waals surface area contributed by atoms with Crippen molar-refractivity contribution >= 4 is 5.82 Å². The van der Waals surface area contributed by atoms with E-state index in [-0.39, 0.29) is 0 Å². The van der Waals surface area contributed by atoms with Crippen LogP contribution < -0.4 is 5.32 Å². The van der Waals surface area contributed by atoms with Crippen LogP contribution in [0.5, 0.6) is 0 Å². The maximum absolute atomic E-state index is 4.98. The van der Waals surface area contributed by atoms with E-state index in [9.17, 15) is 0 Å². The summed E-state index contributed by atoms with van der Waals surface area (Å²) in [5.41, 5.74) is 3.52. The maximum Gasteiger partial charge on any atom is 0.148 e. The smallest absolute Gasteiger partial charge is 0.148 e. The molecule has 1 heterocycles. The topological polar surface area (TPSA) is 49.9 Å². The first-order valence-electron chi connectivity index (χ1n) is 6.21. The Morgan fingerprint density at radius 1 is 1.28 bits per heavy atom. The molecule has 0 aliphatic rings. The minimum Gasteiger partial charge on any atom is -0.383 e. The van der Waals surface area contributed by atoms with Crippen LogP contribution in [0.25, 0.3) is 11.3 Å². The van der Waals surface area contributed by atoms with E-state index in [4.69, 9.17) is 4.74 Å². The molecule has 0 saturated heterocycles. The second-order valence-electron chi connectivity index (χ2n) is 4.14. The van der Waals surface area contributed by atoms with Crippen LogP contribution in [0.15, 0.2) is 30.3 Å². The van der Waals surface area contributed by atoms with Crippen molar-refractivity contribution in [1.82, 2.24) is 10.2 Å². The number of hydrogen-bond donors (Lipinski definition) is 2. The van der Waals surface area contributed by atoms with E-state index in [0.717, 1.165) is 30.0 Å². The molecule has 0 radical (unpaired) electrons. The molecule has 2 aromatic rings. The van der Waals surface area contributed by atoms with Crippen LogP contribution in [-0.2, 0) is 11.2 Å². The quantitative estimate of drug-likeness (QED) is 0.769. The lowest BCUT2D eigenvalue weighted by molar-refractivity contribution is 0.210. The number of methoxy groups -OCH3 is 1. The summed E-state index contributed by atoms with van der Waals surface area (Å²) in [5.74, 6) is 0.849. The Bertz CT molecular complexity index is 476. The summed E-state index contributed by atoms with van der Waals surface area (Å²) in [7, 11) is 1.69. The molecule has 4 heteroatoms. The molecule has 0 saturated carbocycles. The average Bonchev–Trinajstić information content (AvgIpc) is 2.88. The Kier molecular flexibility index (Phi) is 4.36. The number of ether oxygens (including phenoxy) is 1. The number of aromatic nitrogens is 2. The minimum atomic E-state index is 0.674. The molecule has 18 heavy (non-hydrogen) atoms. The molecule has 0 spiro atoms. The number of nitrogens with zero attached hydrogens (tertiary/aromatic N) is 1. The first kappa shape index (κ1) is 12.6. The molecule has 0 bridgehead atoms. The number of hydrogen-bond acceptors (Lipinski definition) is 3. The third-order valence-electron chi connectivity index (χ3n) is 2.86. The van der Waals surface area contributed by atoms with E-state index in [1.807, 2.05) is 6.07 Å². The largest absolute Gasteiger partial charge is 0.383 e. The van der Waals surface area contributed by atoms with E-state index in [2.05, 4.69) is 46.7 Å². The SMILES string of the molecule is CCc1ccc(-c2cc(NCCOC)n[nH]2)cc1. The second-order valence-corrected chi connectivity index (χ2v) is 4.14. The molecule has 2 rings (SSSR count). The zero-order chi connectivity index (χ0) is 12.8. The first-order chi connectivity index (χ1) is 8.83. The lowest BCUT2D eigenvalue weighted by atomic mass is 10.1. The van der Waals surface area contributed by atoms with E-state index >= 15 is 0 Å². The Morgan fingerprint density at radius 2 is 2.06 bits per heavy atom. The lowest BCUT2D eigenvalue weighted by Gasteiger charge is -2.00. The summed E-state index contributed by atoms with van der Waals surface area (Å²) in [6.07, 6.45) is 1.06. The minimum absolute atomic E-state index is 0.674. The van der Waals surface area contributed by atoms with Crippen LogP contribution in [0.1, 0.15) is 12.5 Å². The van der Waals surface area contributed by atoms with Crippen molar-refractivity contribution in [3.8, 4) is 11.3 Å². The van der Waals surface area contributed by atoms with Gasteiger partial charge >= 0.3 is 0 Å². The fourth-order valence-electron chi connectivity index (χ4n) is 1.76. The highest BCUT2D eigenvalue weighted by molar-refractivity contribution is 5.62. The molecular weight excluding hydrogens is 226 g/mol. The fourth-order valence-corrected chi connectivity index (χ4v) is 1.76. The normalized spacial score (nSPS) is 10.6. The Labute approximate surface area is 107 Å². The number of anilines is 1. The van der Waals surface area contributed by atoms with Crippen molar-refractivity contribution in [3.63, 3.8) is 0 Å². The van der Waals surface area contributed by atoms with Crippen LogP contribution in [0.3, 0.4) is 0 Å². The molecule has 96 valence electrons. The summed E-state index contributed by atoms with van der Waals surface area (Å²) in [6, 6.07) is 10.5. The van der Waals surface area contributed by atoms with Gasteiger partial charge in [-0.1, -0.05) is 31.2 Å². The van der Waals surface area contributed by atoms with Gasteiger partial charge < -0.3 is 10.1 Å².